The van der Waals surface area contributed by atoms with Crippen LogP contribution in [0.15, 0.2) is 18.2 Å². The summed E-state index contributed by atoms with van der Waals surface area (Å²) >= 11 is 3.25. The molecule has 7 heteroatoms. The van der Waals surface area contributed by atoms with Gasteiger partial charge in [0.25, 0.3) is 0 Å². The fourth-order valence-electron chi connectivity index (χ4n) is 2.00. The van der Waals surface area contributed by atoms with E-state index < -0.39 is 11.7 Å². The molecule has 0 radical (unpaired) electrons. The maximum Gasteiger partial charge on any atom is 0.418 e. The molecule has 1 saturated heterocycles. The van der Waals surface area contributed by atoms with Gasteiger partial charge in [-0.15, -0.1) is 0 Å². The topological polar surface area (TPSA) is 29.5 Å². The van der Waals surface area contributed by atoms with Crippen LogP contribution in [-0.2, 0) is 11.0 Å². The third kappa shape index (κ3) is 2.86. The average Bonchev–Trinajstić information content (AvgIpc) is 2.66. The summed E-state index contributed by atoms with van der Waals surface area (Å²) in [4.78, 5) is 12.7. The van der Waals surface area contributed by atoms with Gasteiger partial charge in [0, 0.05) is 17.8 Å². The molecule has 1 amide bonds. The van der Waals surface area contributed by atoms with E-state index in [1.54, 1.807) is 0 Å². The summed E-state index contributed by atoms with van der Waals surface area (Å²) in [6.07, 6.45) is -4.34. The van der Waals surface area contributed by atoms with Crippen molar-refractivity contribution >= 4 is 27.5 Å². The summed E-state index contributed by atoms with van der Waals surface area (Å²) in [6.45, 7) is 0.230. The second-order valence-corrected chi connectivity index (χ2v) is 5.48. The predicted octanol–water partition coefficient (Wildman–Crippen LogP) is 3.21. The molecule has 0 aromatic heterocycles. The molecule has 1 atom stereocenters. The number of anilines is 1. The molecule has 2 rings (SSSR count). The Hall–Kier alpha value is -1.24. The zero-order chi connectivity index (χ0) is 14.2. The Bertz CT molecular complexity index is 504. The van der Waals surface area contributed by atoms with Gasteiger partial charge >= 0.3 is 6.18 Å². The van der Waals surface area contributed by atoms with Crippen molar-refractivity contribution in [1.29, 1.82) is 0 Å². The lowest BCUT2D eigenvalue weighted by molar-refractivity contribution is -0.137. The van der Waals surface area contributed by atoms with Gasteiger partial charge in [0.15, 0.2) is 0 Å². The van der Waals surface area contributed by atoms with Gasteiger partial charge in [-0.2, -0.15) is 13.2 Å². The number of ether oxygens (including phenoxy) is 1. The largest absolute Gasteiger partial charge is 0.497 e. The van der Waals surface area contributed by atoms with Crippen LogP contribution in [0.2, 0.25) is 0 Å². The molecule has 1 unspecified atom stereocenters. The molecule has 1 aromatic rings. The number of methoxy groups -OCH3 is 1. The van der Waals surface area contributed by atoms with Crippen LogP contribution in [0.5, 0.6) is 5.75 Å². The van der Waals surface area contributed by atoms with Gasteiger partial charge in [-0.25, -0.2) is 0 Å². The van der Waals surface area contributed by atoms with Gasteiger partial charge in [0.05, 0.1) is 18.4 Å². The molecule has 1 aliphatic rings. The molecule has 19 heavy (non-hydrogen) atoms. The van der Waals surface area contributed by atoms with E-state index >= 15 is 0 Å². The highest BCUT2D eigenvalue weighted by atomic mass is 79.9. The molecule has 1 aromatic carbocycles. The molecule has 0 saturated carbocycles. The highest BCUT2D eigenvalue weighted by Crippen LogP contribution is 2.40. The number of halogens is 4. The summed E-state index contributed by atoms with van der Waals surface area (Å²) in [5, 5.41) is 0. The lowest BCUT2D eigenvalue weighted by Crippen LogP contribution is -2.27. The Morgan fingerprint density at radius 3 is 2.58 bits per heavy atom. The minimum Gasteiger partial charge on any atom is -0.497 e. The van der Waals surface area contributed by atoms with Crippen molar-refractivity contribution in [2.75, 3.05) is 18.6 Å². The molecule has 1 heterocycles. The van der Waals surface area contributed by atoms with Crippen molar-refractivity contribution in [3.63, 3.8) is 0 Å². The predicted molar refractivity (Wildman–Crippen MR) is 67.7 cm³/mol. The first-order chi connectivity index (χ1) is 8.82. The molecule has 0 bridgehead atoms. The van der Waals surface area contributed by atoms with E-state index in [9.17, 15) is 18.0 Å². The SMILES string of the molecule is COc1ccc(N2CC(Br)CC2=O)c(C(F)(F)F)c1. The Kier molecular flexibility index (Phi) is 3.75. The second kappa shape index (κ2) is 5.03. The summed E-state index contributed by atoms with van der Waals surface area (Å²) in [5.74, 6) is -0.212. The van der Waals surface area contributed by atoms with Crippen molar-refractivity contribution in [1.82, 2.24) is 0 Å². The van der Waals surface area contributed by atoms with Crippen LogP contribution in [0.25, 0.3) is 0 Å². The van der Waals surface area contributed by atoms with Crippen LogP contribution in [0.4, 0.5) is 18.9 Å². The molecule has 1 fully saturated rings. The van der Waals surface area contributed by atoms with Gasteiger partial charge in [0.2, 0.25) is 5.91 Å². The fourth-order valence-corrected chi connectivity index (χ4v) is 2.57. The van der Waals surface area contributed by atoms with Crippen LogP contribution < -0.4 is 9.64 Å². The van der Waals surface area contributed by atoms with Gasteiger partial charge in [-0.3, -0.25) is 4.79 Å². The third-order valence-electron chi connectivity index (χ3n) is 2.88. The van der Waals surface area contributed by atoms with Crippen LogP contribution >= 0.6 is 15.9 Å². The highest BCUT2D eigenvalue weighted by molar-refractivity contribution is 9.09. The second-order valence-electron chi connectivity index (χ2n) is 4.19. The van der Waals surface area contributed by atoms with E-state index in [0.29, 0.717) is 0 Å². The summed E-state index contributed by atoms with van der Waals surface area (Å²) in [5.41, 5.74) is -0.984. The fraction of sp³-hybridized carbons (Fsp3) is 0.417. The van der Waals surface area contributed by atoms with Crippen LogP contribution in [-0.4, -0.2) is 24.4 Å². The van der Waals surface area contributed by atoms with Crippen molar-refractivity contribution in [3.8, 4) is 5.75 Å². The number of hydrogen-bond donors (Lipinski definition) is 0. The lowest BCUT2D eigenvalue weighted by atomic mass is 10.1. The summed E-state index contributed by atoms with van der Waals surface area (Å²) in [7, 11) is 1.30. The monoisotopic (exact) mass is 337 g/mol. The first kappa shape index (κ1) is 14.2. The van der Waals surface area contributed by atoms with Crippen molar-refractivity contribution in [2.45, 2.75) is 17.4 Å². The highest BCUT2D eigenvalue weighted by Gasteiger charge is 2.39. The molecule has 0 N–H and O–H groups in total. The van der Waals surface area contributed by atoms with Gasteiger partial charge < -0.3 is 9.64 Å². The van der Waals surface area contributed by atoms with Crippen LogP contribution in [0.3, 0.4) is 0 Å². The Morgan fingerprint density at radius 2 is 2.11 bits per heavy atom. The first-order valence-corrected chi connectivity index (χ1v) is 6.44. The first-order valence-electron chi connectivity index (χ1n) is 5.52. The number of benzene rings is 1. The van der Waals surface area contributed by atoms with E-state index in [2.05, 4.69) is 15.9 Å². The summed E-state index contributed by atoms with van der Waals surface area (Å²) in [6, 6.07) is 3.59. The quantitative estimate of drug-likeness (QED) is 0.775. The maximum absolute atomic E-state index is 13.0. The Balaban J connectivity index is 2.48. The molecular formula is C12H11BrF3NO2. The zero-order valence-electron chi connectivity index (χ0n) is 10.00. The Morgan fingerprint density at radius 1 is 1.42 bits per heavy atom. The number of rotatable bonds is 2. The number of hydrogen-bond acceptors (Lipinski definition) is 2. The van der Waals surface area contributed by atoms with Crippen LogP contribution in [0, 0.1) is 0 Å². The Labute approximate surface area is 116 Å². The maximum atomic E-state index is 13.0. The van der Waals surface area contributed by atoms with E-state index in [0.717, 1.165) is 11.0 Å². The molecular weight excluding hydrogens is 327 g/mol. The number of nitrogens with zero attached hydrogens (tertiary/aromatic N) is 1. The average molecular weight is 338 g/mol. The van der Waals surface area contributed by atoms with E-state index in [1.165, 1.54) is 19.2 Å². The van der Waals surface area contributed by atoms with Gasteiger partial charge in [-0.05, 0) is 18.2 Å². The molecule has 1 aliphatic heterocycles. The number of alkyl halides is 4. The molecule has 104 valence electrons. The minimum absolute atomic E-state index is 0.109. The molecule has 0 spiro atoms. The zero-order valence-corrected chi connectivity index (χ0v) is 11.6. The minimum atomic E-state index is -4.53. The van der Waals surface area contributed by atoms with Crippen LogP contribution in [0.1, 0.15) is 12.0 Å². The van der Waals surface area contributed by atoms with Gasteiger partial charge in [-0.1, -0.05) is 15.9 Å². The van der Waals surface area contributed by atoms with E-state index in [1.807, 2.05) is 0 Å². The normalized spacial score (nSPS) is 19.9. The van der Waals surface area contributed by atoms with Crippen molar-refractivity contribution < 1.29 is 22.7 Å². The van der Waals surface area contributed by atoms with Crippen molar-refractivity contribution in [2.24, 2.45) is 0 Å². The number of carbonyl (C=O) groups is 1. The van der Waals surface area contributed by atoms with E-state index in [-0.39, 0.29) is 35.1 Å². The smallest absolute Gasteiger partial charge is 0.418 e. The molecule has 0 aliphatic carbocycles. The lowest BCUT2D eigenvalue weighted by Gasteiger charge is -2.21. The van der Waals surface area contributed by atoms with E-state index in [4.69, 9.17) is 4.74 Å². The molecule has 3 nitrogen and oxygen atoms in total. The standard InChI is InChI=1S/C12H11BrF3NO2/c1-19-8-2-3-10(9(5-8)12(14,15)16)17-6-7(13)4-11(17)18/h2-3,5,7H,4,6H2,1H3. The van der Waals surface area contributed by atoms with Gasteiger partial charge in [0.1, 0.15) is 5.75 Å². The summed E-state index contributed by atoms with van der Waals surface area (Å²) < 4.78 is 43.9. The number of amides is 1. The number of carbonyl (C=O) groups excluding carboxylic acids is 1. The van der Waals surface area contributed by atoms with Crippen molar-refractivity contribution in [3.05, 3.63) is 23.8 Å². The third-order valence-corrected chi connectivity index (χ3v) is 3.49.